The Kier molecular flexibility index (Phi) is 6.06. The van der Waals surface area contributed by atoms with E-state index in [2.05, 4.69) is 5.32 Å². The molecule has 1 aromatic carbocycles. The molecule has 0 fully saturated rings. The lowest BCUT2D eigenvalue weighted by molar-refractivity contribution is -0.384. The van der Waals surface area contributed by atoms with E-state index in [0.717, 1.165) is 6.08 Å². The molecule has 0 aromatic heterocycles. The summed E-state index contributed by atoms with van der Waals surface area (Å²) >= 11 is 0. The number of carbonyl (C=O) groups is 2. The monoisotopic (exact) mass is 292 g/mol. The lowest BCUT2D eigenvalue weighted by Crippen LogP contribution is -2.33. The number of benzene rings is 1. The number of hydrogen-bond donors (Lipinski definition) is 1. The van der Waals surface area contributed by atoms with Crippen molar-refractivity contribution in [1.29, 1.82) is 0 Å². The lowest BCUT2D eigenvalue weighted by atomic mass is 10.2. The molecule has 1 rings (SSSR count). The SMILES string of the molecule is CC(C)NC(=O)COC(=O)/C=C/c1cccc([N+](=O)[O-])c1. The van der Waals surface area contributed by atoms with Gasteiger partial charge in [-0.25, -0.2) is 4.79 Å². The van der Waals surface area contributed by atoms with Crippen molar-refractivity contribution in [2.45, 2.75) is 19.9 Å². The highest BCUT2D eigenvalue weighted by Gasteiger charge is 2.07. The number of hydrogen-bond acceptors (Lipinski definition) is 5. The van der Waals surface area contributed by atoms with Gasteiger partial charge in [-0.3, -0.25) is 14.9 Å². The van der Waals surface area contributed by atoms with Gasteiger partial charge in [-0.05, 0) is 25.5 Å². The molecule has 0 aliphatic heterocycles. The van der Waals surface area contributed by atoms with E-state index in [1.165, 1.54) is 24.3 Å². The number of nitro benzene ring substituents is 1. The number of esters is 1. The number of ether oxygens (including phenoxy) is 1. The summed E-state index contributed by atoms with van der Waals surface area (Å²) in [7, 11) is 0. The molecule has 0 bridgehead atoms. The van der Waals surface area contributed by atoms with E-state index in [1.807, 2.05) is 0 Å². The fourth-order valence-corrected chi connectivity index (χ4v) is 1.45. The number of non-ortho nitro benzene ring substituents is 1. The highest BCUT2D eigenvalue weighted by molar-refractivity contribution is 5.89. The molecule has 0 unspecified atom stereocenters. The standard InChI is InChI=1S/C14H16N2O5/c1-10(2)15-13(17)9-21-14(18)7-6-11-4-3-5-12(8-11)16(19)20/h3-8,10H,9H2,1-2H3,(H,15,17)/b7-6+. The van der Waals surface area contributed by atoms with Crippen LogP contribution >= 0.6 is 0 Å². The predicted molar refractivity (Wildman–Crippen MR) is 76.4 cm³/mol. The Bertz CT molecular complexity index is 566. The van der Waals surface area contributed by atoms with Crippen LogP contribution in [-0.4, -0.2) is 29.4 Å². The van der Waals surface area contributed by atoms with Crippen LogP contribution in [0.3, 0.4) is 0 Å². The summed E-state index contributed by atoms with van der Waals surface area (Å²) in [6.07, 6.45) is 2.50. The van der Waals surface area contributed by atoms with E-state index in [9.17, 15) is 19.7 Å². The molecule has 1 N–H and O–H groups in total. The molecule has 112 valence electrons. The van der Waals surface area contributed by atoms with Crippen molar-refractivity contribution in [3.8, 4) is 0 Å². The molecule has 7 heteroatoms. The third kappa shape index (κ3) is 6.33. The number of rotatable bonds is 6. The van der Waals surface area contributed by atoms with Crippen molar-refractivity contribution in [3.05, 3.63) is 46.0 Å². The van der Waals surface area contributed by atoms with Crippen molar-refractivity contribution in [1.82, 2.24) is 5.32 Å². The summed E-state index contributed by atoms with van der Waals surface area (Å²) in [5.74, 6) is -1.08. The molecular weight excluding hydrogens is 276 g/mol. The molecule has 1 amide bonds. The normalized spacial score (nSPS) is 10.6. The third-order valence-electron chi connectivity index (χ3n) is 2.29. The number of nitrogens with one attached hydrogen (secondary N) is 1. The first-order valence-corrected chi connectivity index (χ1v) is 6.27. The fourth-order valence-electron chi connectivity index (χ4n) is 1.45. The highest BCUT2D eigenvalue weighted by Crippen LogP contribution is 2.14. The summed E-state index contributed by atoms with van der Waals surface area (Å²) in [5.41, 5.74) is 0.426. The van der Waals surface area contributed by atoms with Crippen molar-refractivity contribution >= 4 is 23.6 Å². The van der Waals surface area contributed by atoms with E-state index in [1.54, 1.807) is 19.9 Å². The van der Waals surface area contributed by atoms with Gasteiger partial charge >= 0.3 is 5.97 Å². The van der Waals surface area contributed by atoms with Crippen molar-refractivity contribution in [2.24, 2.45) is 0 Å². The van der Waals surface area contributed by atoms with E-state index < -0.39 is 10.9 Å². The second-order valence-corrected chi connectivity index (χ2v) is 4.52. The zero-order valence-electron chi connectivity index (χ0n) is 11.7. The average molecular weight is 292 g/mol. The fraction of sp³-hybridized carbons (Fsp3) is 0.286. The second-order valence-electron chi connectivity index (χ2n) is 4.52. The molecule has 0 atom stereocenters. The minimum absolute atomic E-state index is 0.0309. The summed E-state index contributed by atoms with van der Waals surface area (Å²) in [4.78, 5) is 32.7. The number of amides is 1. The minimum Gasteiger partial charge on any atom is -0.452 e. The first kappa shape index (κ1) is 16.4. The van der Waals surface area contributed by atoms with Crippen LogP contribution in [0.4, 0.5) is 5.69 Å². The zero-order valence-corrected chi connectivity index (χ0v) is 11.7. The molecule has 21 heavy (non-hydrogen) atoms. The average Bonchev–Trinajstić information content (AvgIpc) is 2.42. The van der Waals surface area contributed by atoms with Gasteiger partial charge in [0.05, 0.1) is 4.92 Å². The van der Waals surface area contributed by atoms with Crippen LogP contribution < -0.4 is 5.32 Å². The quantitative estimate of drug-likeness (QED) is 0.372. The van der Waals surface area contributed by atoms with E-state index in [-0.39, 0.29) is 24.2 Å². The van der Waals surface area contributed by atoms with Crippen molar-refractivity contribution in [3.63, 3.8) is 0 Å². The Hall–Kier alpha value is -2.70. The Balaban J connectivity index is 2.52. The van der Waals surface area contributed by atoms with Gasteiger partial charge in [0.1, 0.15) is 0 Å². The summed E-state index contributed by atoms with van der Waals surface area (Å²) < 4.78 is 4.73. The first-order chi connectivity index (χ1) is 9.88. The van der Waals surface area contributed by atoms with Gasteiger partial charge in [-0.2, -0.15) is 0 Å². The summed E-state index contributed by atoms with van der Waals surface area (Å²) in [6.45, 7) is 3.22. The molecule has 0 saturated heterocycles. The Morgan fingerprint density at radius 1 is 1.43 bits per heavy atom. The summed E-state index contributed by atoms with van der Waals surface area (Å²) in [5, 5.41) is 13.2. The highest BCUT2D eigenvalue weighted by atomic mass is 16.6. The topological polar surface area (TPSA) is 98.5 Å². The van der Waals surface area contributed by atoms with Gasteiger partial charge in [0.25, 0.3) is 11.6 Å². The van der Waals surface area contributed by atoms with Crippen LogP contribution in [0.1, 0.15) is 19.4 Å². The molecule has 7 nitrogen and oxygen atoms in total. The maximum atomic E-state index is 11.4. The van der Waals surface area contributed by atoms with Gasteiger partial charge in [0, 0.05) is 24.3 Å². The molecule has 0 saturated carbocycles. The molecule has 0 radical (unpaired) electrons. The predicted octanol–water partition coefficient (Wildman–Crippen LogP) is 1.68. The second kappa shape index (κ2) is 7.78. The van der Waals surface area contributed by atoms with E-state index in [0.29, 0.717) is 5.56 Å². The molecule has 0 aliphatic carbocycles. The Labute approximate surface area is 121 Å². The van der Waals surface area contributed by atoms with Gasteiger partial charge in [-0.15, -0.1) is 0 Å². The molecule has 0 spiro atoms. The maximum Gasteiger partial charge on any atom is 0.331 e. The van der Waals surface area contributed by atoms with Crippen molar-refractivity contribution in [2.75, 3.05) is 6.61 Å². The number of nitrogens with zero attached hydrogens (tertiary/aromatic N) is 1. The first-order valence-electron chi connectivity index (χ1n) is 6.27. The molecule has 0 aliphatic rings. The Morgan fingerprint density at radius 3 is 2.76 bits per heavy atom. The van der Waals surface area contributed by atoms with Crippen LogP contribution in [0.5, 0.6) is 0 Å². The van der Waals surface area contributed by atoms with Gasteiger partial charge < -0.3 is 10.1 Å². The van der Waals surface area contributed by atoms with Crippen LogP contribution in [-0.2, 0) is 14.3 Å². The van der Waals surface area contributed by atoms with E-state index >= 15 is 0 Å². The van der Waals surface area contributed by atoms with Crippen LogP contribution in [0, 0.1) is 10.1 Å². The Morgan fingerprint density at radius 2 is 2.14 bits per heavy atom. The maximum absolute atomic E-state index is 11.4. The van der Waals surface area contributed by atoms with Gasteiger partial charge in [0.15, 0.2) is 6.61 Å². The van der Waals surface area contributed by atoms with Crippen LogP contribution in [0.25, 0.3) is 6.08 Å². The smallest absolute Gasteiger partial charge is 0.331 e. The molecule has 1 aromatic rings. The van der Waals surface area contributed by atoms with Crippen LogP contribution in [0.15, 0.2) is 30.3 Å². The number of carbonyl (C=O) groups excluding carboxylic acids is 2. The third-order valence-corrected chi connectivity index (χ3v) is 2.29. The van der Waals surface area contributed by atoms with E-state index in [4.69, 9.17) is 4.74 Å². The minimum atomic E-state index is -0.694. The zero-order chi connectivity index (χ0) is 15.8. The number of nitro groups is 1. The van der Waals surface area contributed by atoms with Crippen molar-refractivity contribution < 1.29 is 19.2 Å². The lowest BCUT2D eigenvalue weighted by Gasteiger charge is -2.07. The molecular formula is C14H16N2O5. The van der Waals surface area contributed by atoms with Crippen LogP contribution in [0.2, 0.25) is 0 Å². The molecule has 0 heterocycles. The summed E-state index contributed by atoms with van der Waals surface area (Å²) in [6, 6.07) is 5.78. The largest absolute Gasteiger partial charge is 0.452 e. The van der Waals surface area contributed by atoms with Gasteiger partial charge in [0.2, 0.25) is 0 Å². The van der Waals surface area contributed by atoms with Gasteiger partial charge in [-0.1, -0.05) is 12.1 Å².